The van der Waals surface area contributed by atoms with Crippen molar-refractivity contribution in [1.82, 2.24) is 9.97 Å². The molecule has 0 spiro atoms. The van der Waals surface area contributed by atoms with Gasteiger partial charge in [0.1, 0.15) is 5.02 Å². The van der Waals surface area contributed by atoms with Gasteiger partial charge in [-0.3, -0.25) is 0 Å². The van der Waals surface area contributed by atoms with Crippen LogP contribution in [0.5, 0.6) is 0 Å². The fraction of sp³-hybridized carbons (Fsp3) is 0.158. The molecule has 5 nitrogen and oxygen atoms in total. The molecule has 0 saturated heterocycles. The average molecular weight is 386 g/mol. The van der Waals surface area contributed by atoms with E-state index in [9.17, 15) is 0 Å². The molecule has 3 rings (SSSR count). The van der Waals surface area contributed by atoms with E-state index in [2.05, 4.69) is 40.0 Å². The molecule has 1 aromatic heterocycles. The van der Waals surface area contributed by atoms with Crippen LogP contribution >= 0.6 is 19.5 Å². The third-order valence-corrected chi connectivity index (χ3v) is 5.52. The van der Waals surface area contributed by atoms with Gasteiger partial charge in [0, 0.05) is 17.1 Å². The first-order valence-corrected chi connectivity index (χ1v) is 10.7. The minimum absolute atomic E-state index is 0.256. The van der Waals surface area contributed by atoms with Gasteiger partial charge in [-0.15, -0.1) is 0 Å². The lowest BCUT2D eigenvalue weighted by Gasteiger charge is -2.16. The minimum Gasteiger partial charge on any atom is -0.399 e. The predicted molar refractivity (Wildman–Crippen MR) is 114 cm³/mol. The molecule has 26 heavy (non-hydrogen) atoms. The number of hydrogen-bond donors (Lipinski definition) is 3. The van der Waals surface area contributed by atoms with Crippen molar-refractivity contribution in [2.75, 3.05) is 29.7 Å². The molecule has 1 heterocycles. The van der Waals surface area contributed by atoms with Crippen molar-refractivity contribution < 1.29 is 0 Å². The van der Waals surface area contributed by atoms with Crippen LogP contribution in [0.2, 0.25) is 5.02 Å². The number of para-hydroxylation sites is 1. The molecule has 0 bridgehead atoms. The van der Waals surface area contributed by atoms with Crippen molar-refractivity contribution >= 4 is 53.7 Å². The van der Waals surface area contributed by atoms with Crippen molar-refractivity contribution in [3.63, 3.8) is 0 Å². The number of nitrogen functional groups attached to an aromatic ring is 1. The average Bonchev–Trinajstić information content (AvgIpc) is 2.61. The van der Waals surface area contributed by atoms with E-state index in [0.717, 1.165) is 16.9 Å². The number of nitrogens with two attached hydrogens (primary N) is 1. The highest BCUT2D eigenvalue weighted by atomic mass is 35.5. The zero-order chi connectivity index (χ0) is 18.7. The smallest absolute Gasteiger partial charge is 0.229 e. The fourth-order valence-electron chi connectivity index (χ4n) is 2.51. The molecule has 2 aromatic carbocycles. The number of hydrogen-bond acceptors (Lipinski definition) is 5. The van der Waals surface area contributed by atoms with E-state index < -0.39 is 0 Å². The van der Waals surface area contributed by atoms with Crippen LogP contribution < -0.4 is 21.7 Å². The summed E-state index contributed by atoms with van der Waals surface area (Å²) in [5, 5.41) is 8.28. The van der Waals surface area contributed by atoms with Gasteiger partial charge in [0.25, 0.3) is 0 Å². The van der Waals surface area contributed by atoms with E-state index in [-0.39, 0.29) is 7.92 Å². The van der Waals surface area contributed by atoms with Gasteiger partial charge in [-0.2, -0.15) is 4.98 Å². The third kappa shape index (κ3) is 4.24. The molecule has 0 radical (unpaired) electrons. The Balaban J connectivity index is 1.90. The standard InChI is InChI=1S/C19H21ClN5P/c1-12-8-9-13(21)10-16(12)24-19-22-11-14(20)18(25-19)23-15-6-4-5-7-17(15)26(2)3/h4-11H,21H2,1-3H3,(H2,22,23,24,25). The Morgan fingerprint density at radius 3 is 2.58 bits per heavy atom. The quantitative estimate of drug-likeness (QED) is 0.431. The summed E-state index contributed by atoms with van der Waals surface area (Å²) >= 11 is 6.31. The van der Waals surface area contributed by atoms with Crippen LogP contribution in [0.3, 0.4) is 0 Å². The Labute approximate surface area is 159 Å². The zero-order valence-corrected chi connectivity index (χ0v) is 16.6. The van der Waals surface area contributed by atoms with Crippen LogP contribution in [-0.4, -0.2) is 23.3 Å². The Hall–Kier alpha value is -2.36. The van der Waals surface area contributed by atoms with Crippen LogP contribution in [0.1, 0.15) is 5.56 Å². The maximum absolute atomic E-state index is 6.31. The summed E-state index contributed by atoms with van der Waals surface area (Å²) < 4.78 is 0. The molecular formula is C19H21ClN5P. The molecule has 0 amide bonds. The third-order valence-electron chi connectivity index (χ3n) is 3.89. The highest BCUT2D eigenvalue weighted by molar-refractivity contribution is 7.64. The lowest BCUT2D eigenvalue weighted by molar-refractivity contribution is 1.16. The largest absolute Gasteiger partial charge is 0.399 e. The van der Waals surface area contributed by atoms with E-state index >= 15 is 0 Å². The number of aryl methyl sites for hydroxylation is 1. The second-order valence-electron chi connectivity index (χ2n) is 6.13. The van der Waals surface area contributed by atoms with E-state index in [0.29, 0.717) is 22.5 Å². The van der Waals surface area contributed by atoms with Gasteiger partial charge >= 0.3 is 0 Å². The van der Waals surface area contributed by atoms with Crippen molar-refractivity contribution in [1.29, 1.82) is 0 Å². The second kappa shape index (κ2) is 7.90. The molecule has 0 fully saturated rings. The molecule has 134 valence electrons. The van der Waals surface area contributed by atoms with Crippen molar-refractivity contribution in [2.24, 2.45) is 0 Å². The van der Waals surface area contributed by atoms with Crippen molar-refractivity contribution in [2.45, 2.75) is 6.92 Å². The van der Waals surface area contributed by atoms with Crippen LogP contribution in [0.15, 0.2) is 48.7 Å². The Morgan fingerprint density at radius 1 is 1.04 bits per heavy atom. The van der Waals surface area contributed by atoms with E-state index in [4.69, 9.17) is 17.3 Å². The van der Waals surface area contributed by atoms with E-state index in [1.807, 2.05) is 43.3 Å². The Kier molecular flexibility index (Phi) is 5.60. The lowest BCUT2D eigenvalue weighted by Crippen LogP contribution is -2.09. The fourth-order valence-corrected chi connectivity index (χ4v) is 3.64. The molecule has 7 heteroatoms. The van der Waals surface area contributed by atoms with Gasteiger partial charge in [0.15, 0.2) is 5.82 Å². The van der Waals surface area contributed by atoms with Crippen LogP contribution in [0.25, 0.3) is 0 Å². The van der Waals surface area contributed by atoms with Crippen molar-refractivity contribution in [3.8, 4) is 0 Å². The molecule has 0 atom stereocenters. The van der Waals surface area contributed by atoms with Crippen LogP contribution in [0.4, 0.5) is 28.8 Å². The molecule has 3 aromatic rings. The summed E-state index contributed by atoms with van der Waals surface area (Å²) in [6.07, 6.45) is 1.59. The summed E-state index contributed by atoms with van der Waals surface area (Å²) in [5.41, 5.74) is 9.48. The summed E-state index contributed by atoms with van der Waals surface area (Å²) in [7, 11) is -0.256. The summed E-state index contributed by atoms with van der Waals surface area (Å²) in [6.45, 7) is 6.43. The first-order valence-electron chi connectivity index (χ1n) is 8.13. The first kappa shape index (κ1) is 18.4. The lowest BCUT2D eigenvalue weighted by atomic mass is 10.2. The number of rotatable bonds is 5. The zero-order valence-electron chi connectivity index (χ0n) is 14.9. The van der Waals surface area contributed by atoms with Crippen LogP contribution in [-0.2, 0) is 0 Å². The summed E-state index contributed by atoms with van der Waals surface area (Å²) in [4.78, 5) is 8.81. The molecule has 0 unspecified atom stereocenters. The monoisotopic (exact) mass is 385 g/mol. The van der Waals surface area contributed by atoms with Gasteiger partial charge in [0.2, 0.25) is 5.95 Å². The first-order chi connectivity index (χ1) is 12.4. The highest BCUT2D eigenvalue weighted by Gasteiger charge is 2.11. The van der Waals surface area contributed by atoms with Crippen molar-refractivity contribution in [3.05, 3.63) is 59.2 Å². The number of halogens is 1. The molecule has 4 N–H and O–H groups in total. The second-order valence-corrected chi connectivity index (χ2v) is 8.80. The maximum Gasteiger partial charge on any atom is 0.229 e. The summed E-state index contributed by atoms with van der Waals surface area (Å²) in [5.74, 6) is 1.02. The highest BCUT2D eigenvalue weighted by Crippen LogP contribution is 2.31. The molecule has 0 aliphatic rings. The molecular weight excluding hydrogens is 365 g/mol. The topological polar surface area (TPSA) is 75.9 Å². The maximum atomic E-state index is 6.31. The van der Waals surface area contributed by atoms with E-state index in [1.165, 1.54) is 5.30 Å². The molecule has 0 aliphatic heterocycles. The normalized spacial score (nSPS) is 10.8. The van der Waals surface area contributed by atoms with Crippen LogP contribution in [0, 0.1) is 6.92 Å². The number of nitrogens with one attached hydrogen (secondary N) is 2. The molecule has 0 saturated carbocycles. The minimum atomic E-state index is -0.256. The predicted octanol–water partition coefficient (Wildman–Crippen LogP) is 4.87. The Bertz CT molecular complexity index is 930. The SMILES string of the molecule is Cc1ccc(N)cc1Nc1ncc(Cl)c(Nc2ccccc2P(C)C)n1. The summed E-state index contributed by atoms with van der Waals surface area (Å²) in [6, 6.07) is 13.9. The van der Waals surface area contributed by atoms with Gasteiger partial charge in [-0.1, -0.05) is 43.8 Å². The van der Waals surface area contributed by atoms with Gasteiger partial charge < -0.3 is 16.4 Å². The van der Waals surface area contributed by atoms with Gasteiger partial charge in [-0.05, 0) is 49.3 Å². The number of anilines is 5. The Morgan fingerprint density at radius 2 is 1.81 bits per heavy atom. The molecule has 0 aliphatic carbocycles. The number of nitrogens with zero attached hydrogens (tertiary/aromatic N) is 2. The number of aromatic nitrogens is 2. The van der Waals surface area contributed by atoms with E-state index in [1.54, 1.807) is 6.20 Å². The number of benzene rings is 2. The van der Waals surface area contributed by atoms with Gasteiger partial charge in [-0.25, -0.2) is 4.98 Å². The van der Waals surface area contributed by atoms with Gasteiger partial charge in [0.05, 0.1) is 6.20 Å².